The Morgan fingerprint density at radius 3 is 2.91 bits per heavy atom. The van der Waals surface area contributed by atoms with Crippen LogP contribution >= 0.6 is 11.6 Å². The van der Waals surface area contributed by atoms with E-state index in [0.29, 0.717) is 5.88 Å². The van der Waals surface area contributed by atoms with Gasteiger partial charge >= 0.3 is 0 Å². The van der Waals surface area contributed by atoms with Gasteiger partial charge in [-0.2, -0.15) is 0 Å². The number of alkyl halides is 1. The summed E-state index contributed by atoms with van der Waals surface area (Å²) in [5.41, 5.74) is 0.853. The molecule has 0 spiro atoms. The fraction of sp³-hybridized carbons (Fsp3) is 0.500. The number of aromatic nitrogens is 2. The summed E-state index contributed by atoms with van der Waals surface area (Å²) >= 11 is 5.55. The van der Waals surface area contributed by atoms with E-state index in [9.17, 15) is 0 Å². The van der Waals surface area contributed by atoms with Gasteiger partial charge in [-0.05, 0) is 6.42 Å². The highest BCUT2D eigenvalue weighted by molar-refractivity contribution is 6.16. The molecule has 11 heavy (non-hydrogen) atoms. The predicted molar refractivity (Wildman–Crippen MR) is 44.4 cm³/mol. The second-order valence-corrected chi connectivity index (χ2v) is 2.57. The van der Waals surface area contributed by atoms with Crippen LogP contribution in [0.1, 0.15) is 24.7 Å². The maximum atomic E-state index is 5.55. The molecular weight excluding hydrogens is 160 g/mol. The van der Waals surface area contributed by atoms with E-state index in [1.165, 1.54) is 0 Å². The molecule has 0 bridgehead atoms. The standard InChI is InChI=1S/C8H10ClN2/c1-2-3-8-10-5-7(4-9)6-11-8/h5H,2-4H2,1H3. The van der Waals surface area contributed by atoms with E-state index >= 15 is 0 Å². The molecule has 0 aliphatic carbocycles. The lowest BCUT2D eigenvalue weighted by Crippen LogP contribution is -1.94. The molecule has 0 N–H and O–H groups in total. The Kier molecular flexibility index (Phi) is 3.30. The smallest absolute Gasteiger partial charge is 0.129 e. The van der Waals surface area contributed by atoms with Gasteiger partial charge in [0.1, 0.15) is 5.82 Å². The summed E-state index contributed by atoms with van der Waals surface area (Å²) in [7, 11) is 0. The zero-order valence-corrected chi connectivity index (χ0v) is 7.23. The van der Waals surface area contributed by atoms with E-state index in [0.717, 1.165) is 24.2 Å². The summed E-state index contributed by atoms with van der Waals surface area (Å²) in [5.74, 6) is 1.29. The van der Waals surface area contributed by atoms with Crippen molar-refractivity contribution in [3.63, 3.8) is 0 Å². The van der Waals surface area contributed by atoms with Crippen molar-refractivity contribution in [2.75, 3.05) is 0 Å². The first-order valence-electron chi connectivity index (χ1n) is 3.65. The first kappa shape index (κ1) is 8.47. The second-order valence-electron chi connectivity index (χ2n) is 2.31. The van der Waals surface area contributed by atoms with Gasteiger partial charge in [-0.25, -0.2) is 9.97 Å². The van der Waals surface area contributed by atoms with Crippen molar-refractivity contribution in [2.45, 2.75) is 25.6 Å². The van der Waals surface area contributed by atoms with Crippen molar-refractivity contribution in [1.29, 1.82) is 0 Å². The number of aryl methyl sites for hydroxylation is 1. The van der Waals surface area contributed by atoms with Gasteiger partial charge in [0.2, 0.25) is 0 Å². The van der Waals surface area contributed by atoms with Crippen molar-refractivity contribution < 1.29 is 0 Å². The van der Waals surface area contributed by atoms with Gasteiger partial charge in [0, 0.05) is 18.2 Å². The molecule has 1 heterocycles. The quantitative estimate of drug-likeness (QED) is 0.647. The second kappa shape index (κ2) is 4.29. The fourth-order valence-corrected chi connectivity index (χ4v) is 0.884. The van der Waals surface area contributed by atoms with Gasteiger partial charge in [-0.3, -0.25) is 0 Å². The number of nitrogens with zero attached hydrogens (tertiary/aromatic N) is 2. The largest absolute Gasteiger partial charge is 0.241 e. The van der Waals surface area contributed by atoms with Crippen molar-refractivity contribution in [3.8, 4) is 0 Å². The normalized spacial score (nSPS) is 10.0. The molecule has 0 atom stereocenters. The lowest BCUT2D eigenvalue weighted by Gasteiger charge is -1.96. The van der Waals surface area contributed by atoms with Crippen LogP contribution in [-0.4, -0.2) is 9.97 Å². The van der Waals surface area contributed by atoms with E-state index in [-0.39, 0.29) is 0 Å². The summed E-state index contributed by atoms with van der Waals surface area (Å²) in [4.78, 5) is 8.13. The first-order chi connectivity index (χ1) is 5.36. The molecular formula is C8H10ClN2. The van der Waals surface area contributed by atoms with E-state index in [1.54, 1.807) is 6.20 Å². The molecule has 0 amide bonds. The van der Waals surface area contributed by atoms with Crippen LogP contribution < -0.4 is 0 Å². The molecule has 1 rings (SSSR count). The van der Waals surface area contributed by atoms with Crippen LogP contribution in [0.25, 0.3) is 0 Å². The highest BCUT2D eigenvalue weighted by Gasteiger charge is 1.95. The topological polar surface area (TPSA) is 25.8 Å². The van der Waals surface area contributed by atoms with Crippen LogP contribution in [0.15, 0.2) is 6.20 Å². The molecule has 0 aliphatic rings. The predicted octanol–water partition coefficient (Wildman–Crippen LogP) is 1.97. The molecule has 1 aromatic rings. The molecule has 3 heteroatoms. The number of hydrogen-bond acceptors (Lipinski definition) is 2. The summed E-state index contributed by atoms with van der Waals surface area (Å²) in [6.07, 6.45) is 6.53. The van der Waals surface area contributed by atoms with Crippen LogP contribution in [0.5, 0.6) is 0 Å². The SMILES string of the molecule is CCCc1n[c]c(CCl)cn1. The highest BCUT2D eigenvalue weighted by Crippen LogP contribution is 2.00. The Bertz CT molecular complexity index is 208. The third-order valence-corrected chi connectivity index (χ3v) is 1.60. The molecule has 59 valence electrons. The lowest BCUT2D eigenvalue weighted by atomic mass is 10.3. The Labute approximate surface area is 71.6 Å². The first-order valence-corrected chi connectivity index (χ1v) is 4.18. The summed E-state index contributed by atoms with van der Waals surface area (Å²) in [6.45, 7) is 2.10. The minimum Gasteiger partial charge on any atom is -0.241 e. The van der Waals surface area contributed by atoms with Crippen molar-refractivity contribution in [2.24, 2.45) is 0 Å². The van der Waals surface area contributed by atoms with Gasteiger partial charge in [-0.15, -0.1) is 11.6 Å². The highest BCUT2D eigenvalue weighted by atomic mass is 35.5. The third kappa shape index (κ3) is 2.46. The Morgan fingerprint density at radius 1 is 1.64 bits per heavy atom. The summed E-state index contributed by atoms with van der Waals surface area (Å²) < 4.78 is 0. The van der Waals surface area contributed by atoms with Crippen LogP contribution in [0.3, 0.4) is 0 Å². The van der Waals surface area contributed by atoms with Gasteiger partial charge in [0.25, 0.3) is 0 Å². The van der Waals surface area contributed by atoms with Gasteiger partial charge in [-0.1, -0.05) is 6.92 Å². The van der Waals surface area contributed by atoms with Crippen molar-refractivity contribution in [3.05, 3.63) is 23.8 Å². The molecule has 2 nitrogen and oxygen atoms in total. The van der Waals surface area contributed by atoms with Crippen LogP contribution in [0, 0.1) is 6.20 Å². The molecule has 0 unspecified atom stereocenters. The van der Waals surface area contributed by atoms with Gasteiger partial charge in [0.05, 0.1) is 12.1 Å². The fourth-order valence-electron chi connectivity index (χ4n) is 0.755. The maximum Gasteiger partial charge on any atom is 0.129 e. The number of hydrogen-bond donors (Lipinski definition) is 0. The summed E-state index contributed by atoms with van der Waals surface area (Å²) in [5, 5.41) is 0. The molecule has 0 aromatic carbocycles. The Hall–Kier alpha value is -0.630. The van der Waals surface area contributed by atoms with E-state index < -0.39 is 0 Å². The van der Waals surface area contributed by atoms with Crippen LogP contribution in [0.2, 0.25) is 0 Å². The minimum atomic E-state index is 0.437. The van der Waals surface area contributed by atoms with Gasteiger partial charge < -0.3 is 0 Å². The zero-order valence-electron chi connectivity index (χ0n) is 6.47. The third-order valence-electron chi connectivity index (χ3n) is 1.32. The molecule has 0 fully saturated rings. The van der Waals surface area contributed by atoms with Crippen molar-refractivity contribution >= 4 is 11.6 Å². The molecule has 1 aromatic heterocycles. The van der Waals surface area contributed by atoms with E-state index in [1.807, 2.05) is 0 Å². The number of rotatable bonds is 3. The van der Waals surface area contributed by atoms with Gasteiger partial charge in [0.15, 0.2) is 0 Å². The van der Waals surface area contributed by atoms with Crippen LogP contribution in [-0.2, 0) is 12.3 Å². The average molecular weight is 170 g/mol. The monoisotopic (exact) mass is 169 g/mol. The lowest BCUT2D eigenvalue weighted by molar-refractivity contribution is 0.827. The summed E-state index contributed by atoms with van der Waals surface area (Å²) in [6, 6.07) is 0. The average Bonchev–Trinajstić information content (AvgIpc) is 2.07. The van der Waals surface area contributed by atoms with Crippen LogP contribution in [0.4, 0.5) is 0 Å². The number of halogens is 1. The molecule has 0 saturated carbocycles. The zero-order chi connectivity index (χ0) is 8.10. The molecule has 0 aliphatic heterocycles. The Balaban J connectivity index is 2.66. The van der Waals surface area contributed by atoms with E-state index in [4.69, 9.17) is 11.6 Å². The van der Waals surface area contributed by atoms with E-state index in [2.05, 4.69) is 23.1 Å². The molecule has 0 saturated heterocycles. The Morgan fingerprint density at radius 2 is 2.45 bits per heavy atom. The van der Waals surface area contributed by atoms with Crippen molar-refractivity contribution in [1.82, 2.24) is 9.97 Å². The molecule has 1 radical (unpaired) electrons. The minimum absolute atomic E-state index is 0.437. The maximum absolute atomic E-state index is 5.55.